The molecule has 0 amide bonds. The van der Waals surface area contributed by atoms with E-state index in [1.54, 1.807) is 12.1 Å². The van der Waals surface area contributed by atoms with Gasteiger partial charge in [-0.2, -0.15) is 0 Å². The molecule has 0 bridgehead atoms. The number of hydrogen-bond acceptors (Lipinski definition) is 2. The van der Waals surface area contributed by atoms with Crippen molar-refractivity contribution in [3.05, 3.63) is 34.6 Å². The number of halogens is 2. The van der Waals surface area contributed by atoms with E-state index in [1.807, 2.05) is 7.05 Å². The van der Waals surface area contributed by atoms with E-state index in [0.29, 0.717) is 13.0 Å². The second-order valence-corrected chi connectivity index (χ2v) is 5.40. The molecule has 0 radical (unpaired) electrons. The van der Waals surface area contributed by atoms with E-state index in [-0.39, 0.29) is 5.02 Å². The molecule has 0 saturated carbocycles. The highest BCUT2D eigenvalue weighted by molar-refractivity contribution is 6.30. The predicted molar refractivity (Wildman–Crippen MR) is 66.8 cm³/mol. The summed E-state index contributed by atoms with van der Waals surface area (Å²) >= 11 is 5.64. The molecule has 17 heavy (non-hydrogen) atoms. The van der Waals surface area contributed by atoms with Crippen molar-refractivity contribution in [1.82, 2.24) is 4.90 Å². The Labute approximate surface area is 106 Å². The van der Waals surface area contributed by atoms with Gasteiger partial charge in [-0.25, -0.2) is 4.39 Å². The summed E-state index contributed by atoms with van der Waals surface area (Å²) in [4.78, 5) is 2.11. The SMILES string of the molecule is CN1CCCC(O)(Cc2ccc(Cl)c(F)c2)C1. The molecule has 1 aromatic carbocycles. The van der Waals surface area contributed by atoms with Crippen molar-refractivity contribution in [3.63, 3.8) is 0 Å². The van der Waals surface area contributed by atoms with Gasteiger partial charge in [-0.15, -0.1) is 0 Å². The Morgan fingerprint density at radius 3 is 2.94 bits per heavy atom. The summed E-state index contributed by atoms with van der Waals surface area (Å²) in [6, 6.07) is 4.73. The highest BCUT2D eigenvalue weighted by atomic mass is 35.5. The van der Waals surface area contributed by atoms with Crippen molar-refractivity contribution < 1.29 is 9.50 Å². The number of piperidine rings is 1. The van der Waals surface area contributed by atoms with Crippen molar-refractivity contribution in [1.29, 1.82) is 0 Å². The molecule has 0 aromatic heterocycles. The molecule has 1 heterocycles. The molecule has 1 unspecified atom stereocenters. The first-order valence-corrected chi connectivity index (χ1v) is 6.21. The maximum Gasteiger partial charge on any atom is 0.142 e. The Hall–Kier alpha value is -0.640. The molecule has 2 rings (SSSR count). The van der Waals surface area contributed by atoms with Gasteiger partial charge in [0.25, 0.3) is 0 Å². The Bertz CT molecular complexity index is 412. The Balaban J connectivity index is 2.11. The molecule has 2 nitrogen and oxygen atoms in total. The monoisotopic (exact) mass is 257 g/mol. The van der Waals surface area contributed by atoms with Gasteiger partial charge in [-0.05, 0) is 44.1 Å². The zero-order chi connectivity index (χ0) is 12.5. The van der Waals surface area contributed by atoms with Gasteiger partial charge in [0.1, 0.15) is 5.82 Å². The van der Waals surface area contributed by atoms with Crippen LogP contribution in [0.15, 0.2) is 18.2 Å². The maximum atomic E-state index is 13.3. The summed E-state index contributed by atoms with van der Waals surface area (Å²) in [7, 11) is 1.99. The topological polar surface area (TPSA) is 23.5 Å². The van der Waals surface area contributed by atoms with Crippen LogP contribution in [0.25, 0.3) is 0 Å². The number of hydrogen-bond donors (Lipinski definition) is 1. The van der Waals surface area contributed by atoms with Crippen LogP contribution < -0.4 is 0 Å². The van der Waals surface area contributed by atoms with Crippen LogP contribution in [-0.2, 0) is 6.42 Å². The molecule has 1 saturated heterocycles. The summed E-state index contributed by atoms with van der Waals surface area (Å²) in [6.45, 7) is 1.65. The minimum absolute atomic E-state index is 0.126. The van der Waals surface area contributed by atoms with Gasteiger partial charge in [-0.1, -0.05) is 17.7 Å². The number of aliphatic hydroxyl groups is 1. The van der Waals surface area contributed by atoms with Gasteiger partial charge in [0.05, 0.1) is 10.6 Å². The molecule has 1 fully saturated rings. The smallest absolute Gasteiger partial charge is 0.142 e. The Kier molecular flexibility index (Phi) is 3.71. The lowest BCUT2D eigenvalue weighted by atomic mass is 9.87. The largest absolute Gasteiger partial charge is 0.388 e. The van der Waals surface area contributed by atoms with Gasteiger partial charge in [-0.3, -0.25) is 0 Å². The normalized spacial score (nSPS) is 26.1. The molecule has 4 heteroatoms. The fraction of sp³-hybridized carbons (Fsp3) is 0.538. The van der Waals surface area contributed by atoms with E-state index >= 15 is 0 Å². The van der Waals surface area contributed by atoms with Gasteiger partial charge in [0, 0.05) is 13.0 Å². The molecule has 94 valence electrons. The lowest BCUT2D eigenvalue weighted by Gasteiger charge is -2.37. The molecule has 0 aliphatic carbocycles. The van der Waals surface area contributed by atoms with Crippen LogP contribution in [0.3, 0.4) is 0 Å². The standard InChI is InChI=1S/C13H17ClFNO/c1-16-6-2-5-13(17,9-16)8-10-3-4-11(14)12(15)7-10/h3-4,7,17H,2,5-6,8-9H2,1H3. The summed E-state index contributed by atoms with van der Waals surface area (Å²) < 4.78 is 13.3. The second-order valence-electron chi connectivity index (χ2n) is 4.99. The third kappa shape index (κ3) is 3.18. The Morgan fingerprint density at radius 2 is 2.29 bits per heavy atom. The number of likely N-dealkylation sites (tertiary alicyclic amines) is 1. The number of nitrogens with zero attached hydrogens (tertiary/aromatic N) is 1. The zero-order valence-corrected chi connectivity index (χ0v) is 10.7. The third-order valence-electron chi connectivity index (χ3n) is 3.26. The molecule has 1 aliphatic heterocycles. The average molecular weight is 258 g/mol. The van der Waals surface area contributed by atoms with Gasteiger partial charge in [0.2, 0.25) is 0 Å². The van der Waals surface area contributed by atoms with Gasteiger partial charge in [0.15, 0.2) is 0 Å². The van der Waals surface area contributed by atoms with Crippen molar-refractivity contribution in [3.8, 4) is 0 Å². The fourth-order valence-electron chi connectivity index (χ4n) is 2.51. The van der Waals surface area contributed by atoms with Crippen molar-refractivity contribution in [2.45, 2.75) is 24.9 Å². The molecular formula is C13H17ClFNO. The molecule has 1 aromatic rings. The molecule has 1 atom stereocenters. The maximum absolute atomic E-state index is 13.3. The van der Waals surface area contributed by atoms with Crippen LogP contribution in [0.2, 0.25) is 5.02 Å². The molecular weight excluding hydrogens is 241 g/mol. The minimum atomic E-state index is -0.743. The van der Waals surface area contributed by atoms with Crippen LogP contribution in [-0.4, -0.2) is 35.7 Å². The van der Waals surface area contributed by atoms with Crippen LogP contribution >= 0.6 is 11.6 Å². The first kappa shape index (κ1) is 12.8. The third-order valence-corrected chi connectivity index (χ3v) is 3.57. The van der Waals surface area contributed by atoms with E-state index < -0.39 is 11.4 Å². The molecule has 0 spiro atoms. The number of benzene rings is 1. The van der Waals surface area contributed by atoms with Crippen molar-refractivity contribution in [2.75, 3.05) is 20.1 Å². The predicted octanol–water partition coefficient (Wildman–Crippen LogP) is 2.48. The summed E-state index contributed by atoms with van der Waals surface area (Å²) in [5, 5.41) is 10.6. The fourth-order valence-corrected chi connectivity index (χ4v) is 2.63. The van der Waals surface area contributed by atoms with E-state index in [1.165, 1.54) is 6.07 Å². The number of likely N-dealkylation sites (N-methyl/N-ethyl adjacent to an activating group) is 1. The van der Waals surface area contributed by atoms with Crippen molar-refractivity contribution >= 4 is 11.6 Å². The van der Waals surface area contributed by atoms with Crippen LogP contribution in [0.5, 0.6) is 0 Å². The number of rotatable bonds is 2. The van der Waals surface area contributed by atoms with E-state index in [9.17, 15) is 9.50 Å². The second kappa shape index (κ2) is 4.92. The highest BCUT2D eigenvalue weighted by Gasteiger charge is 2.31. The van der Waals surface area contributed by atoms with Gasteiger partial charge >= 0.3 is 0 Å². The molecule has 1 N–H and O–H groups in total. The minimum Gasteiger partial charge on any atom is -0.388 e. The lowest BCUT2D eigenvalue weighted by Crippen LogP contribution is -2.47. The zero-order valence-electron chi connectivity index (χ0n) is 9.92. The van der Waals surface area contributed by atoms with E-state index in [4.69, 9.17) is 11.6 Å². The van der Waals surface area contributed by atoms with Crippen molar-refractivity contribution in [2.24, 2.45) is 0 Å². The first-order valence-electron chi connectivity index (χ1n) is 5.83. The lowest BCUT2D eigenvalue weighted by molar-refractivity contribution is -0.0224. The number of β-amino-alcohol motifs (C(OH)–C–C–N with tert-alkyl or cyclic N) is 1. The first-order chi connectivity index (χ1) is 7.98. The average Bonchev–Trinajstić information content (AvgIpc) is 2.22. The van der Waals surface area contributed by atoms with Crippen LogP contribution in [0.1, 0.15) is 18.4 Å². The Morgan fingerprint density at radius 1 is 1.53 bits per heavy atom. The summed E-state index contributed by atoms with van der Waals surface area (Å²) in [5.41, 5.74) is 0.0532. The van der Waals surface area contributed by atoms with E-state index in [2.05, 4.69) is 4.90 Å². The van der Waals surface area contributed by atoms with Crippen LogP contribution in [0, 0.1) is 5.82 Å². The quantitative estimate of drug-likeness (QED) is 0.880. The summed E-state index contributed by atoms with van der Waals surface area (Å²) in [5.74, 6) is -0.420. The van der Waals surface area contributed by atoms with E-state index in [0.717, 1.165) is 24.9 Å². The molecule has 1 aliphatic rings. The highest BCUT2D eigenvalue weighted by Crippen LogP contribution is 2.26. The van der Waals surface area contributed by atoms with Crippen LogP contribution in [0.4, 0.5) is 4.39 Å². The van der Waals surface area contributed by atoms with Gasteiger partial charge < -0.3 is 10.0 Å². The summed E-state index contributed by atoms with van der Waals surface area (Å²) in [6.07, 6.45) is 2.22.